The van der Waals surface area contributed by atoms with Crippen molar-refractivity contribution in [3.63, 3.8) is 0 Å². The molecule has 0 spiro atoms. The van der Waals surface area contributed by atoms with Gasteiger partial charge in [-0.15, -0.1) is 0 Å². The second kappa shape index (κ2) is 7.61. The summed E-state index contributed by atoms with van der Waals surface area (Å²) in [6.45, 7) is 6.18. The number of nitrogens with one attached hydrogen (secondary N) is 1. The highest BCUT2D eigenvalue weighted by Gasteiger charge is 2.19. The lowest BCUT2D eigenvalue weighted by Crippen LogP contribution is -2.32. The van der Waals surface area contributed by atoms with Crippen molar-refractivity contribution in [3.8, 4) is 5.75 Å². The maximum Gasteiger partial charge on any atom is 0.311 e. The van der Waals surface area contributed by atoms with Crippen LogP contribution in [0.15, 0.2) is 18.2 Å². The molecular weight excluding hydrogens is 272 g/mol. The van der Waals surface area contributed by atoms with E-state index < -0.39 is 4.92 Å². The van der Waals surface area contributed by atoms with Crippen molar-refractivity contribution in [1.82, 2.24) is 5.32 Å². The molecule has 116 valence electrons. The van der Waals surface area contributed by atoms with E-state index in [1.165, 1.54) is 25.3 Å². The molecule has 6 heteroatoms. The van der Waals surface area contributed by atoms with Crippen molar-refractivity contribution in [2.24, 2.45) is 5.92 Å². The van der Waals surface area contributed by atoms with Crippen LogP contribution in [0.1, 0.15) is 44.0 Å². The summed E-state index contributed by atoms with van der Waals surface area (Å²) in [4.78, 5) is 22.5. The first-order valence-corrected chi connectivity index (χ1v) is 6.98. The monoisotopic (exact) mass is 294 g/mol. The molecule has 1 aromatic carbocycles. The molecule has 0 aliphatic heterocycles. The zero-order valence-corrected chi connectivity index (χ0v) is 12.9. The number of carbonyl (C=O) groups excluding carboxylic acids is 1. The van der Waals surface area contributed by atoms with E-state index in [0.717, 1.165) is 12.8 Å². The Balaban J connectivity index is 2.78. The van der Waals surface area contributed by atoms with E-state index in [4.69, 9.17) is 4.74 Å². The van der Waals surface area contributed by atoms with Crippen molar-refractivity contribution < 1.29 is 14.5 Å². The number of nitro groups is 1. The second-order valence-electron chi connectivity index (χ2n) is 5.49. The minimum atomic E-state index is -0.558. The number of carbonyl (C=O) groups is 1. The summed E-state index contributed by atoms with van der Waals surface area (Å²) in [6.07, 6.45) is 1.89. The number of rotatable bonds is 7. The van der Waals surface area contributed by atoms with Gasteiger partial charge in [0.05, 0.1) is 12.0 Å². The van der Waals surface area contributed by atoms with Gasteiger partial charge in [0.1, 0.15) is 0 Å². The molecule has 0 radical (unpaired) electrons. The smallest absolute Gasteiger partial charge is 0.311 e. The normalized spacial score (nSPS) is 12.0. The Morgan fingerprint density at radius 3 is 2.52 bits per heavy atom. The van der Waals surface area contributed by atoms with Crippen molar-refractivity contribution in [2.45, 2.75) is 39.7 Å². The SMILES string of the molecule is COc1ccc(C(=O)NC(C)CCC(C)C)cc1[N+](=O)[O-]. The number of benzene rings is 1. The molecule has 0 aliphatic rings. The topological polar surface area (TPSA) is 81.5 Å². The largest absolute Gasteiger partial charge is 0.490 e. The quantitative estimate of drug-likeness (QED) is 0.618. The molecule has 0 bridgehead atoms. The summed E-state index contributed by atoms with van der Waals surface area (Å²) < 4.78 is 4.91. The van der Waals surface area contributed by atoms with Crippen molar-refractivity contribution >= 4 is 11.6 Å². The number of amides is 1. The molecule has 6 nitrogen and oxygen atoms in total. The fraction of sp³-hybridized carbons (Fsp3) is 0.533. The average molecular weight is 294 g/mol. The summed E-state index contributed by atoms with van der Waals surface area (Å²) in [5.41, 5.74) is 0.0545. The van der Waals surface area contributed by atoms with Crippen LogP contribution in [-0.4, -0.2) is 24.0 Å². The molecule has 1 rings (SSSR count). The van der Waals surface area contributed by atoms with Gasteiger partial charge in [-0.2, -0.15) is 0 Å². The van der Waals surface area contributed by atoms with E-state index >= 15 is 0 Å². The fourth-order valence-electron chi connectivity index (χ4n) is 1.94. The molecule has 1 amide bonds. The van der Waals surface area contributed by atoms with Crippen molar-refractivity contribution in [3.05, 3.63) is 33.9 Å². The van der Waals surface area contributed by atoms with Crippen LogP contribution in [0.25, 0.3) is 0 Å². The molecule has 1 atom stereocenters. The van der Waals surface area contributed by atoms with Gasteiger partial charge in [0.2, 0.25) is 0 Å². The molecular formula is C15H22N2O4. The van der Waals surface area contributed by atoms with Crippen LogP contribution in [0.2, 0.25) is 0 Å². The van der Waals surface area contributed by atoms with Crippen LogP contribution < -0.4 is 10.1 Å². The third-order valence-corrected chi connectivity index (χ3v) is 3.19. The predicted octanol–water partition coefficient (Wildman–Crippen LogP) is 3.16. The van der Waals surface area contributed by atoms with Gasteiger partial charge in [0.15, 0.2) is 5.75 Å². The maximum atomic E-state index is 12.1. The Kier molecular flexibility index (Phi) is 6.14. The number of nitrogens with zero attached hydrogens (tertiary/aromatic N) is 1. The molecule has 0 saturated carbocycles. The number of hydrogen-bond donors (Lipinski definition) is 1. The summed E-state index contributed by atoms with van der Waals surface area (Å²) in [7, 11) is 1.36. The third-order valence-electron chi connectivity index (χ3n) is 3.19. The first-order valence-electron chi connectivity index (χ1n) is 6.98. The zero-order valence-electron chi connectivity index (χ0n) is 12.9. The summed E-state index contributed by atoms with van der Waals surface area (Å²) in [6, 6.07) is 4.23. The van der Waals surface area contributed by atoms with Gasteiger partial charge in [0, 0.05) is 17.7 Å². The number of methoxy groups -OCH3 is 1. The number of hydrogen-bond acceptors (Lipinski definition) is 4. The van der Waals surface area contributed by atoms with Gasteiger partial charge >= 0.3 is 5.69 Å². The Bertz CT molecular complexity index is 514. The standard InChI is InChI=1S/C15H22N2O4/c1-10(2)5-6-11(3)16-15(18)12-7-8-14(21-4)13(9-12)17(19)20/h7-11H,5-6H2,1-4H3,(H,16,18). The van der Waals surface area contributed by atoms with Crippen LogP contribution >= 0.6 is 0 Å². The van der Waals surface area contributed by atoms with Crippen LogP contribution in [0.3, 0.4) is 0 Å². The molecule has 1 N–H and O–H groups in total. The Hall–Kier alpha value is -2.11. The molecule has 0 saturated heterocycles. The number of nitro benzene ring substituents is 1. The van der Waals surface area contributed by atoms with Crippen LogP contribution in [0.5, 0.6) is 5.75 Å². The zero-order chi connectivity index (χ0) is 16.0. The van der Waals surface area contributed by atoms with Gasteiger partial charge in [-0.1, -0.05) is 13.8 Å². The molecule has 0 aliphatic carbocycles. The van der Waals surface area contributed by atoms with Gasteiger partial charge in [0.25, 0.3) is 5.91 Å². The van der Waals surface area contributed by atoms with Gasteiger partial charge in [-0.3, -0.25) is 14.9 Å². The summed E-state index contributed by atoms with van der Waals surface area (Å²) >= 11 is 0. The highest BCUT2D eigenvalue weighted by Crippen LogP contribution is 2.27. The van der Waals surface area contributed by atoms with Gasteiger partial charge in [-0.25, -0.2) is 0 Å². The summed E-state index contributed by atoms with van der Waals surface area (Å²) in [5.74, 6) is 0.410. The first kappa shape index (κ1) is 16.9. The number of ether oxygens (including phenoxy) is 1. The highest BCUT2D eigenvalue weighted by atomic mass is 16.6. The Labute approximate surface area is 124 Å². The molecule has 0 aromatic heterocycles. The molecule has 0 fully saturated rings. The molecule has 21 heavy (non-hydrogen) atoms. The van der Waals surface area contributed by atoms with Crippen molar-refractivity contribution in [2.75, 3.05) is 7.11 Å². The minimum absolute atomic E-state index is 0.0288. The second-order valence-corrected chi connectivity index (χ2v) is 5.49. The van der Waals surface area contributed by atoms with E-state index in [1.54, 1.807) is 0 Å². The predicted molar refractivity (Wildman–Crippen MR) is 80.6 cm³/mol. The van der Waals surface area contributed by atoms with E-state index in [9.17, 15) is 14.9 Å². The lowest BCUT2D eigenvalue weighted by Gasteiger charge is -2.15. The highest BCUT2D eigenvalue weighted by molar-refractivity contribution is 5.95. The fourth-order valence-corrected chi connectivity index (χ4v) is 1.94. The average Bonchev–Trinajstić information content (AvgIpc) is 2.44. The Morgan fingerprint density at radius 2 is 2.00 bits per heavy atom. The van der Waals surface area contributed by atoms with E-state index in [2.05, 4.69) is 19.2 Å². The van der Waals surface area contributed by atoms with Gasteiger partial charge < -0.3 is 10.1 Å². The van der Waals surface area contributed by atoms with E-state index in [1.807, 2.05) is 6.92 Å². The molecule has 0 heterocycles. The summed E-state index contributed by atoms with van der Waals surface area (Å²) in [5, 5.41) is 13.8. The van der Waals surface area contributed by atoms with Crippen LogP contribution in [-0.2, 0) is 0 Å². The first-order chi connectivity index (χ1) is 9.85. The lowest BCUT2D eigenvalue weighted by atomic mass is 10.0. The van der Waals surface area contributed by atoms with E-state index in [0.29, 0.717) is 5.92 Å². The van der Waals surface area contributed by atoms with Crippen molar-refractivity contribution in [1.29, 1.82) is 0 Å². The van der Waals surface area contributed by atoms with Crippen LogP contribution in [0, 0.1) is 16.0 Å². The lowest BCUT2D eigenvalue weighted by molar-refractivity contribution is -0.385. The molecule has 1 aromatic rings. The van der Waals surface area contributed by atoms with Gasteiger partial charge in [-0.05, 0) is 37.8 Å². The van der Waals surface area contributed by atoms with E-state index in [-0.39, 0.29) is 28.9 Å². The maximum absolute atomic E-state index is 12.1. The third kappa shape index (κ3) is 5.06. The Morgan fingerprint density at radius 1 is 1.33 bits per heavy atom. The minimum Gasteiger partial charge on any atom is -0.490 e. The molecule has 1 unspecified atom stereocenters. The van der Waals surface area contributed by atoms with Crippen LogP contribution in [0.4, 0.5) is 5.69 Å².